The van der Waals surface area contributed by atoms with E-state index in [1.165, 1.54) is 22.8 Å². The van der Waals surface area contributed by atoms with Crippen LogP contribution in [0.5, 0.6) is 11.5 Å². The average Bonchev–Trinajstić information content (AvgIpc) is 2.76. The van der Waals surface area contributed by atoms with Crippen molar-refractivity contribution in [2.75, 3.05) is 0 Å². The highest BCUT2D eigenvalue weighted by molar-refractivity contribution is 5.92. The van der Waals surface area contributed by atoms with E-state index >= 15 is 0 Å². The predicted molar refractivity (Wildman–Crippen MR) is 82.1 cm³/mol. The Morgan fingerprint density at radius 1 is 1.09 bits per heavy atom. The molecule has 0 saturated heterocycles. The molecule has 3 N–H and O–H groups in total. The number of phenolic OH excluding ortho intramolecular Hbond substituents is 2. The van der Waals surface area contributed by atoms with Crippen LogP contribution < -0.4 is 0 Å². The number of carboxylic acid groups (broad SMARTS) is 1. The van der Waals surface area contributed by atoms with E-state index in [1.807, 2.05) is 0 Å². The third kappa shape index (κ3) is 2.70. The fourth-order valence-electron chi connectivity index (χ4n) is 2.69. The van der Waals surface area contributed by atoms with Gasteiger partial charge in [0.2, 0.25) is 0 Å². The minimum atomic E-state index is -1.17. The van der Waals surface area contributed by atoms with Crippen LogP contribution >= 0.6 is 0 Å². The SMILES string of the molecule is O=C(O)Cc1c(F)n(Cc2ccc(O)cc2)c2cccc(O)c12. The molecule has 3 rings (SSSR count). The quantitative estimate of drug-likeness (QED) is 0.691. The van der Waals surface area contributed by atoms with Gasteiger partial charge in [0, 0.05) is 10.9 Å². The molecule has 0 unspecified atom stereocenters. The molecule has 0 fully saturated rings. The number of halogens is 1. The number of hydrogen-bond acceptors (Lipinski definition) is 3. The van der Waals surface area contributed by atoms with Crippen LogP contribution in [-0.4, -0.2) is 25.9 Å². The zero-order valence-electron chi connectivity index (χ0n) is 12.0. The fraction of sp³-hybridized carbons (Fsp3) is 0.118. The molecular weight excluding hydrogens is 301 g/mol. The number of phenols is 2. The number of carboxylic acids is 1. The van der Waals surface area contributed by atoms with E-state index < -0.39 is 18.3 Å². The molecule has 0 amide bonds. The lowest BCUT2D eigenvalue weighted by atomic mass is 10.1. The van der Waals surface area contributed by atoms with Gasteiger partial charge in [0.1, 0.15) is 11.5 Å². The molecule has 3 aromatic rings. The average molecular weight is 315 g/mol. The summed E-state index contributed by atoms with van der Waals surface area (Å²) in [4.78, 5) is 11.0. The largest absolute Gasteiger partial charge is 0.508 e. The van der Waals surface area contributed by atoms with Crippen LogP contribution in [0.15, 0.2) is 42.5 Å². The van der Waals surface area contributed by atoms with Gasteiger partial charge in [-0.05, 0) is 29.8 Å². The summed E-state index contributed by atoms with van der Waals surface area (Å²) in [5, 5.41) is 28.5. The van der Waals surface area contributed by atoms with Gasteiger partial charge in [0.05, 0.1) is 18.5 Å². The number of nitrogens with zero attached hydrogens (tertiary/aromatic N) is 1. The molecule has 0 aliphatic rings. The van der Waals surface area contributed by atoms with E-state index in [2.05, 4.69) is 0 Å². The lowest BCUT2D eigenvalue weighted by Gasteiger charge is -2.07. The molecule has 5 nitrogen and oxygen atoms in total. The van der Waals surface area contributed by atoms with E-state index in [-0.39, 0.29) is 29.0 Å². The minimum Gasteiger partial charge on any atom is -0.508 e. The van der Waals surface area contributed by atoms with Crippen molar-refractivity contribution in [2.45, 2.75) is 13.0 Å². The molecule has 0 aliphatic heterocycles. The van der Waals surface area contributed by atoms with Crippen molar-refractivity contribution < 1.29 is 24.5 Å². The van der Waals surface area contributed by atoms with Gasteiger partial charge in [0.25, 0.3) is 0 Å². The van der Waals surface area contributed by atoms with E-state index in [0.29, 0.717) is 5.52 Å². The van der Waals surface area contributed by atoms with Crippen LogP contribution in [0.25, 0.3) is 10.9 Å². The van der Waals surface area contributed by atoms with E-state index in [0.717, 1.165) is 5.56 Å². The van der Waals surface area contributed by atoms with Crippen molar-refractivity contribution in [3.8, 4) is 11.5 Å². The molecule has 0 radical (unpaired) electrons. The number of aromatic hydroxyl groups is 2. The third-order valence-corrected chi connectivity index (χ3v) is 3.70. The molecular formula is C17H14FNO4. The molecule has 2 aromatic carbocycles. The van der Waals surface area contributed by atoms with Crippen molar-refractivity contribution in [1.82, 2.24) is 4.57 Å². The number of hydrogen-bond donors (Lipinski definition) is 3. The van der Waals surface area contributed by atoms with Gasteiger partial charge in [0.15, 0.2) is 5.95 Å². The molecule has 0 aliphatic carbocycles. The number of benzene rings is 2. The molecule has 1 heterocycles. The first-order chi connectivity index (χ1) is 11.0. The first kappa shape index (κ1) is 14.9. The number of aromatic nitrogens is 1. The monoisotopic (exact) mass is 315 g/mol. The minimum absolute atomic E-state index is 0.0376. The Labute approximate surface area is 130 Å². The van der Waals surface area contributed by atoms with Crippen molar-refractivity contribution in [3.05, 3.63) is 59.5 Å². The first-order valence-electron chi connectivity index (χ1n) is 6.95. The van der Waals surface area contributed by atoms with Crippen LogP contribution in [-0.2, 0) is 17.8 Å². The van der Waals surface area contributed by atoms with E-state index in [4.69, 9.17) is 5.11 Å². The van der Waals surface area contributed by atoms with Gasteiger partial charge < -0.3 is 19.9 Å². The highest BCUT2D eigenvalue weighted by Crippen LogP contribution is 2.33. The maximum Gasteiger partial charge on any atom is 0.308 e. The van der Waals surface area contributed by atoms with Gasteiger partial charge in [-0.25, -0.2) is 0 Å². The standard InChI is InChI=1S/C17H14FNO4/c18-17-12(8-15(22)23)16-13(2-1-3-14(16)21)19(17)9-10-4-6-11(20)7-5-10/h1-7,20-21H,8-9H2,(H,22,23). The molecule has 0 saturated carbocycles. The van der Waals surface area contributed by atoms with Crippen molar-refractivity contribution in [1.29, 1.82) is 0 Å². The molecule has 118 valence electrons. The maximum absolute atomic E-state index is 14.7. The van der Waals surface area contributed by atoms with E-state index in [9.17, 15) is 19.4 Å². The summed E-state index contributed by atoms with van der Waals surface area (Å²) in [7, 11) is 0. The molecule has 0 spiro atoms. The second-order valence-electron chi connectivity index (χ2n) is 5.26. The van der Waals surface area contributed by atoms with Crippen molar-refractivity contribution in [2.24, 2.45) is 0 Å². The van der Waals surface area contributed by atoms with Crippen LogP contribution in [0.3, 0.4) is 0 Å². The summed E-state index contributed by atoms with van der Waals surface area (Å²) >= 11 is 0. The van der Waals surface area contributed by atoms with Crippen molar-refractivity contribution in [3.63, 3.8) is 0 Å². The molecule has 1 aromatic heterocycles. The lowest BCUT2D eigenvalue weighted by molar-refractivity contribution is -0.136. The zero-order chi connectivity index (χ0) is 16.6. The normalized spacial score (nSPS) is 11.0. The number of rotatable bonds is 4. The Bertz CT molecular complexity index is 884. The van der Waals surface area contributed by atoms with Gasteiger partial charge in [-0.1, -0.05) is 18.2 Å². The van der Waals surface area contributed by atoms with Crippen LogP contribution in [0.2, 0.25) is 0 Å². The summed E-state index contributed by atoms with van der Waals surface area (Å²) in [6.07, 6.45) is -0.511. The number of fused-ring (bicyclic) bond motifs is 1. The molecule has 23 heavy (non-hydrogen) atoms. The van der Waals surface area contributed by atoms with E-state index in [1.54, 1.807) is 24.3 Å². The maximum atomic E-state index is 14.7. The number of aliphatic carboxylic acids is 1. The summed E-state index contributed by atoms with van der Waals surface area (Å²) in [6, 6.07) is 10.9. The summed E-state index contributed by atoms with van der Waals surface area (Å²) in [6.45, 7) is 0.158. The zero-order valence-corrected chi connectivity index (χ0v) is 12.0. The second-order valence-corrected chi connectivity index (χ2v) is 5.26. The highest BCUT2D eigenvalue weighted by atomic mass is 19.1. The number of carbonyl (C=O) groups is 1. The van der Waals surface area contributed by atoms with Crippen LogP contribution in [0.1, 0.15) is 11.1 Å². The Morgan fingerprint density at radius 3 is 2.43 bits per heavy atom. The Balaban J connectivity index is 2.16. The molecule has 0 bridgehead atoms. The predicted octanol–water partition coefficient (Wildman–Crippen LogP) is 2.87. The third-order valence-electron chi connectivity index (χ3n) is 3.70. The smallest absolute Gasteiger partial charge is 0.308 e. The highest BCUT2D eigenvalue weighted by Gasteiger charge is 2.21. The Hall–Kier alpha value is -3.02. The van der Waals surface area contributed by atoms with Gasteiger partial charge >= 0.3 is 5.97 Å². The van der Waals surface area contributed by atoms with Crippen LogP contribution in [0.4, 0.5) is 4.39 Å². The van der Waals surface area contributed by atoms with Crippen molar-refractivity contribution >= 4 is 16.9 Å². The lowest BCUT2D eigenvalue weighted by Crippen LogP contribution is -2.06. The fourth-order valence-corrected chi connectivity index (χ4v) is 2.69. The molecule has 0 atom stereocenters. The van der Waals surface area contributed by atoms with Gasteiger partial charge in [-0.2, -0.15) is 4.39 Å². The summed E-state index contributed by atoms with van der Waals surface area (Å²) in [5.41, 5.74) is 1.13. The second kappa shape index (κ2) is 5.64. The van der Waals surface area contributed by atoms with Gasteiger partial charge in [-0.15, -0.1) is 0 Å². The first-order valence-corrected chi connectivity index (χ1v) is 6.95. The summed E-state index contributed by atoms with van der Waals surface area (Å²) < 4.78 is 16.1. The van der Waals surface area contributed by atoms with Gasteiger partial charge in [-0.3, -0.25) is 4.79 Å². The van der Waals surface area contributed by atoms with Crippen LogP contribution in [0, 0.1) is 5.95 Å². The summed E-state index contributed by atoms with van der Waals surface area (Å²) in [5.74, 6) is -1.90. The Kier molecular flexibility index (Phi) is 3.65. The Morgan fingerprint density at radius 2 is 1.78 bits per heavy atom. The molecule has 6 heteroatoms. The topological polar surface area (TPSA) is 82.7 Å².